The van der Waals surface area contributed by atoms with Crippen molar-refractivity contribution in [3.05, 3.63) is 30.3 Å². The number of benzene rings is 1. The van der Waals surface area contributed by atoms with Crippen LogP contribution in [0.5, 0.6) is 0 Å². The second-order valence-corrected chi connectivity index (χ2v) is 4.05. The maximum absolute atomic E-state index is 12.1. The second kappa shape index (κ2) is 8.99. The fourth-order valence-electron chi connectivity index (χ4n) is 1.21. The van der Waals surface area contributed by atoms with Crippen LogP contribution in [0.4, 0.5) is 18.9 Å². The smallest absolute Gasteiger partial charge is 0.466 e. The minimum Gasteiger partial charge on any atom is -0.466 e. The van der Waals surface area contributed by atoms with Crippen molar-refractivity contribution in [2.24, 2.45) is 0 Å². The number of ether oxygens (including phenoxy) is 1. The molecule has 1 aromatic carbocycles. The number of nitrogens with zero attached hydrogens (tertiary/aromatic N) is 1. The Hall–Kier alpha value is -2.05. The third-order valence-corrected chi connectivity index (χ3v) is 2.22. The molecule has 0 aliphatic heterocycles. The van der Waals surface area contributed by atoms with E-state index in [0.717, 1.165) is 7.05 Å². The summed E-state index contributed by atoms with van der Waals surface area (Å²) < 4.78 is 40.7. The van der Waals surface area contributed by atoms with Crippen molar-refractivity contribution in [1.82, 2.24) is 0 Å². The van der Waals surface area contributed by atoms with E-state index in [1.807, 2.05) is 0 Å². The summed E-state index contributed by atoms with van der Waals surface area (Å²) in [6.45, 7) is 3.40. The van der Waals surface area contributed by atoms with E-state index in [1.165, 1.54) is 19.1 Å². The largest absolute Gasteiger partial charge is 0.484 e. The summed E-state index contributed by atoms with van der Waals surface area (Å²) in [6.07, 6.45) is -4.41. The molecule has 0 amide bonds. The number of hydrogen-bond donors (Lipinski definition) is 0. The summed E-state index contributed by atoms with van der Waals surface area (Å²) >= 11 is 0. The SMILES string of the molecule is CCOC(=O)CC(C)=O.CN(c1ccccc1)C(F)(F)F. The summed E-state index contributed by atoms with van der Waals surface area (Å²) in [6, 6.07) is 7.63. The molecule has 7 heteroatoms. The molecule has 0 heterocycles. The molecule has 1 rings (SSSR count). The third kappa shape index (κ3) is 8.67. The zero-order valence-corrected chi connectivity index (χ0v) is 12.1. The first kappa shape index (κ1) is 18.9. The van der Waals surface area contributed by atoms with Gasteiger partial charge < -0.3 is 4.74 Å². The summed E-state index contributed by atoms with van der Waals surface area (Å²) in [4.78, 5) is 20.9. The second-order valence-electron chi connectivity index (χ2n) is 4.05. The predicted octanol–water partition coefficient (Wildman–Crippen LogP) is 3.17. The summed E-state index contributed by atoms with van der Waals surface area (Å²) in [7, 11) is 0.995. The number of ketones is 1. The zero-order valence-electron chi connectivity index (χ0n) is 12.1. The quantitative estimate of drug-likeness (QED) is 0.487. The van der Waals surface area contributed by atoms with Crippen LogP contribution in [-0.2, 0) is 14.3 Å². The zero-order chi connectivity index (χ0) is 16.5. The molecule has 0 atom stereocenters. The lowest BCUT2D eigenvalue weighted by molar-refractivity contribution is -0.145. The van der Waals surface area contributed by atoms with Gasteiger partial charge in [0, 0.05) is 12.7 Å². The highest BCUT2D eigenvalue weighted by molar-refractivity contribution is 5.94. The van der Waals surface area contributed by atoms with Crippen LogP contribution in [-0.4, -0.2) is 31.7 Å². The lowest BCUT2D eigenvalue weighted by Gasteiger charge is -2.21. The Morgan fingerprint density at radius 1 is 1.19 bits per heavy atom. The highest BCUT2D eigenvalue weighted by Gasteiger charge is 2.34. The first-order valence-electron chi connectivity index (χ1n) is 6.19. The number of carbonyl (C=O) groups is 2. The Bertz CT molecular complexity index is 447. The van der Waals surface area contributed by atoms with E-state index in [1.54, 1.807) is 25.1 Å². The predicted molar refractivity (Wildman–Crippen MR) is 72.8 cm³/mol. The van der Waals surface area contributed by atoms with Gasteiger partial charge in [-0.15, -0.1) is 0 Å². The molecular formula is C14H18F3NO3. The molecule has 0 aromatic heterocycles. The molecule has 0 spiro atoms. The summed E-state index contributed by atoms with van der Waals surface area (Å²) in [5.41, 5.74) is 0.144. The fraction of sp³-hybridized carbons (Fsp3) is 0.429. The van der Waals surface area contributed by atoms with Crippen molar-refractivity contribution in [2.45, 2.75) is 26.6 Å². The number of hydrogen-bond acceptors (Lipinski definition) is 4. The number of alkyl halides is 3. The molecule has 0 radical (unpaired) electrons. The molecule has 21 heavy (non-hydrogen) atoms. The first-order valence-corrected chi connectivity index (χ1v) is 6.19. The number of carbonyl (C=O) groups excluding carboxylic acids is 2. The lowest BCUT2D eigenvalue weighted by atomic mass is 10.3. The fourth-order valence-corrected chi connectivity index (χ4v) is 1.21. The van der Waals surface area contributed by atoms with E-state index >= 15 is 0 Å². The topological polar surface area (TPSA) is 46.6 Å². The van der Waals surface area contributed by atoms with Crippen molar-refractivity contribution in [3.8, 4) is 0 Å². The number of halogens is 3. The van der Waals surface area contributed by atoms with Gasteiger partial charge in [0.25, 0.3) is 0 Å². The average Bonchev–Trinajstić information content (AvgIpc) is 2.38. The molecule has 0 unspecified atom stereocenters. The molecule has 0 saturated carbocycles. The van der Waals surface area contributed by atoms with Gasteiger partial charge in [0.1, 0.15) is 12.2 Å². The highest BCUT2D eigenvalue weighted by Crippen LogP contribution is 2.25. The summed E-state index contributed by atoms with van der Waals surface area (Å²) in [5.74, 6) is -0.599. The molecule has 0 saturated heterocycles. The van der Waals surface area contributed by atoms with Gasteiger partial charge in [0.15, 0.2) is 0 Å². The van der Waals surface area contributed by atoms with Gasteiger partial charge >= 0.3 is 12.3 Å². The Morgan fingerprint density at radius 2 is 1.71 bits per heavy atom. The van der Waals surface area contributed by atoms with Gasteiger partial charge in [-0.3, -0.25) is 14.5 Å². The number of para-hydroxylation sites is 1. The Kier molecular flexibility index (Phi) is 8.11. The van der Waals surface area contributed by atoms with Crippen LogP contribution in [0.15, 0.2) is 30.3 Å². The minimum absolute atomic E-state index is 0.103. The average molecular weight is 305 g/mol. The van der Waals surface area contributed by atoms with E-state index in [2.05, 4.69) is 4.74 Å². The number of rotatable bonds is 4. The summed E-state index contributed by atoms with van der Waals surface area (Å²) in [5, 5.41) is 0. The van der Waals surface area contributed by atoms with Crippen LogP contribution < -0.4 is 4.90 Å². The van der Waals surface area contributed by atoms with E-state index in [-0.39, 0.29) is 22.8 Å². The van der Waals surface area contributed by atoms with Crippen LogP contribution in [0.3, 0.4) is 0 Å². The van der Waals surface area contributed by atoms with E-state index < -0.39 is 12.3 Å². The van der Waals surface area contributed by atoms with Gasteiger partial charge in [-0.05, 0) is 26.0 Å². The molecular weight excluding hydrogens is 287 g/mol. The first-order chi connectivity index (χ1) is 9.68. The van der Waals surface area contributed by atoms with Gasteiger partial charge in [-0.2, -0.15) is 13.2 Å². The molecule has 0 N–H and O–H groups in total. The van der Waals surface area contributed by atoms with Crippen molar-refractivity contribution < 1.29 is 27.5 Å². The molecule has 0 aliphatic carbocycles. The van der Waals surface area contributed by atoms with Gasteiger partial charge in [-0.1, -0.05) is 18.2 Å². The van der Waals surface area contributed by atoms with Crippen LogP contribution in [0, 0.1) is 0 Å². The van der Waals surface area contributed by atoms with Gasteiger partial charge in [0.2, 0.25) is 0 Å². The maximum atomic E-state index is 12.1. The van der Waals surface area contributed by atoms with E-state index in [0.29, 0.717) is 6.61 Å². The van der Waals surface area contributed by atoms with Crippen molar-refractivity contribution >= 4 is 17.4 Å². The lowest BCUT2D eigenvalue weighted by Crippen LogP contribution is -2.33. The molecule has 4 nitrogen and oxygen atoms in total. The minimum atomic E-state index is -4.30. The standard InChI is InChI=1S/C8H8F3N.C6H10O3/c1-12(8(9,10)11)7-5-3-2-4-6-7;1-3-9-6(8)4-5(2)7/h2-6H,1H3;3-4H2,1-2H3. The van der Waals surface area contributed by atoms with E-state index in [4.69, 9.17) is 0 Å². The maximum Gasteiger partial charge on any atom is 0.484 e. The molecule has 0 fully saturated rings. The van der Waals surface area contributed by atoms with Crippen LogP contribution >= 0.6 is 0 Å². The van der Waals surface area contributed by atoms with Crippen molar-refractivity contribution in [3.63, 3.8) is 0 Å². The van der Waals surface area contributed by atoms with E-state index in [9.17, 15) is 22.8 Å². The molecule has 1 aromatic rings. The van der Waals surface area contributed by atoms with Crippen molar-refractivity contribution in [2.75, 3.05) is 18.6 Å². The van der Waals surface area contributed by atoms with Crippen LogP contribution in [0.1, 0.15) is 20.3 Å². The Balaban J connectivity index is 0.000000400. The number of anilines is 1. The highest BCUT2D eigenvalue weighted by atomic mass is 19.4. The monoisotopic (exact) mass is 305 g/mol. The number of Topliss-reactive ketones (excluding diaryl/α,β-unsaturated/α-hetero) is 1. The molecule has 118 valence electrons. The van der Waals surface area contributed by atoms with Crippen LogP contribution in [0.25, 0.3) is 0 Å². The van der Waals surface area contributed by atoms with Crippen molar-refractivity contribution in [1.29, 1.82) is 0 Å². The number of esters is 1. The normalized spacial score (nSPS) is 10.2. The van der Waals surface area contributed by atoms with Gasteiger partial charge in [-0.25, -0.2) is 0 Å². The third-order valence-electron chi connectivity index (χ3n) is 2.22. The Labute approximate surface area is 121 Å². The van der Waals surface area contributed by atoms with Gasteiger partial charge in [0.05, 0.1) is 6.61 Å². The Morgan fingerprint density at radius 3 is 2.10 bits per heavy atom. The van der Waals surface area contributed by atoms with Crippen LogP contribution in [0.2, 0.25) is 0 Å². The molecule has 0 aliphatic rings. The molecule has 0 bridgehead atoms.